The van der Waals surface area contributed by atoms with Crippen LogP contribution in [0.15, 0.2) is 90.6 Å². The number of aromatic nitrogens is 1. The first kappa shape index (κ1) is 23.5. The smallest absolute Gasteiger partial charge is 0.323 e. The van der Waals surface area contributed by atoms with Gasteiger partial charge in [-0.3, -0.25) is 9.59 Å². The number of anilines is 1. The number of halogens is 1. The molecule has 0 saturated carbocycles. The van der Waals surface area contributed by atoms with Crippen molar-refractivity contribution >= 4 is 34.5 Å². The van der Waals surface area contributed by atoms with Gasteiger partial charge in [0.1, 0.15) is 24.0 Å². The van der Waals surface area contributed by atoms with E-state index < -0.39 is 17.7 Å². The lowest BCUT2D eigenvalue weighted by Crippen LogP contribution is -2.33. The second-order valence-corrected chi connectivity index (χ2v) is 7.97. The molecule has 0 radical (unpaired) electrons. The summed E-state index contributed by atoms with van der Waals surface area (Å²) in [6.45, 7) is 0.0142. The number of para-hydroxylation sites is 1. The van der Waals surface area contributed by atoms with Crippen LogP contribution < -0.4 is 4.90 Å². The van der Waals surface area contributed by atoms with E-state index in [9.17, 15) is 24.3 Å². The van der Waals surface area contributed by atoms with Crippen molar-refractivity contribution in [2.24, 2.45) is 0 Å². The molecule has 6 nitrogen and oxygen atoms in total. The maximum absolute atomic E-state index is 14.0. The number of rotatable bonds is 8. The second kappa shape index (κ2) is 10.5. The van der Waals surface area contributed by atoms with Crippen LogP contribution in [0.3, 0.4) is 0 Å². The molecule has 3 aromatic carbocycles. The minimum absolute atomic E-state index is 0.138. The zero-order chi connectivity index (χ0) is 24.8. The second-order valence-electron chi connectivity index (χ2n) is 7.97. The van der Waals surface area contributed by atoms with Crippen molar-refractivity contribution < 1.29 is 19.1 Å². The molecule has 0 spiro atoms. The molecule has 1 aromatic heterocycles. The molecule has 7 heteroatoms. The van der Waals surface area contributed by atoms with E-state index in [0.717, 1.165) is 5.56 Å². The quantitative estimate of drug-likeness (QED) is 0.290. The van der Waals surface area contributed by atoms with E-state index in [1.165, 1.54) is 35.0 Å². The normalized spacial score (nSPS) is 11.3. The van der Waals surface area contributed by atoms with Crippen LogP contribution in [0.1, 0.15) is 11.1 Å². The van der Waals surface area contributed by atoms with Gasteiger partial charge in [-0.25, -0.2) is 4.39 Å². The van der Waals surface area contributed by atoms with Crippen molar-refractivity contribution in [2.45, 2.75) is 13.0 Å². The molecule has 4 rings (SSSR count). The maximum Gasteiger partial charge on any atom is 0.323 e. The summed E-state index contributed by atoms with van der Waals surface area (Å²) in [6, 6.07) is 24.8. The van der Waals surface area contributed by atoms with Gasteiger partial charge >= 0.3 is 5.97 Å². The average molecular weight is 468 g/mol. The monoisotopic (exact) mass is 467 g/mol. The Kier molecular flexibility index (Phi) is 7.03. The minimum Gasteiger partial charge on any atom is -0.480 e. The molecular formula is C28H22FN3O3. The number of nitrogens with zero attached hydrogens (tertiary/aromatic N) is 3. The molecule has 0 atom stereocenters. The van der Waals surface area contributed by atoms with Crippen LogP contribution in [0.25, 0.3) is 17.0 Å². The van der Waals surface area contributed by atoms with Crippen LogP contribution in [-0.2, 0) is 22.6 Å². The maximum atomic E-state index is 14.0. The molecule has 35 heavy (non-hydrogen) atoms. The van der Waals surface area contributed by atoms with E-state index in [1.807, 2.05) is 54.6 Å². The van der Waals surface area contributed by atoms with Crippen molar-refractivity contribution in [2.75, 3.05) is 11.4 Å². The number of carboxylic acids is 1. The van der Waals surface area contributed by atoms with Crippen LogP contribution in [0, 0.1) is 17.1 Å². The molecular weight excluding hydrogens is 445 g/mol. The van der Waals surface area contributed by atoms with Crippen molar-refractivity contribution in [1.29, 1.82) is 5.26 Å². The van der Waals surface area contributed by atoms with Crippen molar-refractivity contribution in [3.63, 3.8) is 0 Å². The lowest BCUT2D eigenvalue weighted by atomic mass is 10.1. The zero-order valence-electron chi connectivity index (χ0n) is 18.8. The van der Waals surface area contributed by atoms with Gasteiger partial charge in [0.25, 0.3) is 5.91 Å². The van der Waals surface area contributed by atoms with Gasteiger partial charge in [-0.05, 0) is 48.4 Å². The van der Waals surface area contributed by atoms with E-state index >= 15 is 0 Å². The summed E-state index contributed by atoms with van der Waals surface area (Å²) >= 11 is 0. The van der Waals surface area contributed by atoms with Gasteiger partial charge in [0.15, 0.2) is 0 Å². The Morgan fingerprint density at radius 3 is 2.37 bits per heavy atom. The Morgan fingerprint density at radius 1 is 1.03 bits per heavy atom. The minimum atomic E-state index is -1.06. The third-order valence-corrected chi connectivity index (χ3v) is 5.61. The number of aliphatic carboxylic acids is 1. The largest absolute Gasteiger partial charge is 0.480 e. The number of hydrogen-bond acceptors (Lipinski definition) is 3. The van der Waals surface area contributed by atoms with E-state index in [-0.39, 0.29) is 12.1 Å². The Bertz CT molecular complexity index is 1440. The van der Waals surface area contributed by atoms with Crippen molar-refractivity contribution in [3.05, 3.63) is 108 Å². The molecule has 0 saturated heterocycles. The number of fused-ring (bicyclic) bond motifs is 1. The van der Waals surface area contributed by atoms with E-state index in [1.54, 1.807) is 17.0 Å². The van der Waals surface area contributed by atoms with E-state index in [2.05, 4.69) is 0 Å². The van der Waals surface area contributed by atoms with Gasteiger partial charge in [-0.2, -0.15) is 5.26 Å². The first-order valence-electron chi connectivity index (χ1n) is 11.0. The van der Waals surface area contributed by atoms with Crippen molar-refractivity contribution in [3.8, 4) is 6.07 Å². The van der Waals surface area contributed by atoms with Crippen LogP contribution in [0.2, 0.25) is 0 Å². The van der Waals surface area contributed by atoms with Crippen LogP contribution >= 0.6 is 0 Å². The number of carbonyl (C=O) groups is 2. The van der Waals surface area contributed by atoms with Crippen LogP contribution in [0.4, 0.5) is 10.1 Å². The van der Waals surface area contributed by atoms with Crippen LogP contribution in [0.5, 0.6) is 0 Å². The van der Waals surface area contributed by atoms with Gasteiger partial charge in [0.2, 0.25) is 0 Å². The fourth-order valence-electron chi connectivity index (χ4n) is 3.97. The molecule has 0 unspecified atom stereocenters. The van der Waals surface area contributed by atoms with Gasteiger partial charge in [0, 0.05) is 34.9 Å². The number of hydrogen-bond donors (Lipinski definition) is 1. The third-order valence-electron chi connectivity index (χ3n) is 5.61. The summed E-state index contributed by atoms with van der Waals surface area (Å²) < 4.78 is 15.4. The Balaban J connectivity index is 1.73. The lowest BCUT2D eigenvalue weighted by molar-refractivity contribution is -0.137. The molecule has 174 valence electrons. The molecule has 0 aliphatic heterocycles. The predicted molar refractivity (Wildman–Crippen MR) is 132 cm³/mol. The first-order valence-corrected chi connectivity index (χ1v) is 11.0. The highest BCUT2D eigenvalue weighted by atomic mass is 19.1. The molecule has 0 aliphatic carbocycles. The number of carbonyl (C=O) groups excluding carboxylic acids is 1. The molecule has 1 heterocycles. The Morgan fingerprint density at radius 2 is 1.71 bits per heavy atom. The number of carboxylic acid groups (broad SMARTS) is 1. The molecule has 4 aromatic rings. The lowest BCUT2D eigenvalue weighted by Gasteiger charge is -2.22. The Hall–Kier alpha value is -4.70. The topological polar surface area (TPSA) is 86.3 Å². The molecule has 1 N–H and O–H groups in total. The molecule has 1 amide bonds. The molecule has 0 bridgehead atoms. The van der Waals surface area contributed by atoms with Gasteiger partial charge in [-0.1, -0.05) is 48.5 Å². The van der Waals surface area contributed by atoms with Gasteiger partial charge in [-0.15, -0.1) is 0 Å². The SMILES string of the molecule is N#CC(=Cc1cn(CC(=O)O)c2ccc(F)cc12)C(=O)N(CCc1ccccc1)c1ccccc1. The van der Waals surface area contributed by atoms with Crippen molar-refractivity contribution in [1.82, 2.24) is 4.57 Å². The highest BCUT2D eigenvalue weighted by Gasteiger charge is 2.21. The summed E-state index contributed by atoms with van der Waals surface area (Å²) in [5.41, 5.74) is 2.45. The van der Waals surface area contributed by atoms with Gasteiger partial charge < -0.3 is 14.6 Å². The molecule has 0 fully saturated rings. The highest BCUT2D eigenvalue weighted by molar-refractivity contribution is 6.12. The fraction of sp³-hybridized carbons (Fsp3) is 0.107. The highest BCUT2D eigenvalue weighted by Crippen LogP contribution is 2.26. The summed E-state index contributed by atoms with van der Waals surface area (Å²) in [7, 11) is 0. The molecule has 0 aliphatic rings. The summed E-state index contributed by atoms with van der Waals surface area (Å²) in [6.07, 6.45) is 3.49. The predicted octanol–water partition coefficient (Wildman–Crippen LogP) is 5.05. The average Bonchev–Trinajstić information content (AvgIpc) is 3.19. The number of benzene rings is 3. The summed E-state index contributed by atoms with van der Waals surface area (Å²) in [4.78, 5) is 26.4. The fourth-order valence-corrected chi connectivity index (χ4v) is 3.97. The summed E-state index contributed by atoms with van der Waals surface area (Å²) in [5.74, 6) is -2.06. The number of amides is 1. The zero-order valence-corrected chi connectivity index (χ0v) is 18.8. The van der Waals surface area contributed by atoms with Crippen LogP contribution in [-0.4, -0.2) is 28.1 Å². The first-order chi connectivity index (χ1) is 17.0. The standard InChI is InChI=1S/C28H22FN3O3/c29-23-11-12-26-25(16-23)22(18-31(26)19-27(33)34)15-21(17-30)28(35)32(24-9-5-2-6-10-24)14-13-20-7-3-1-4-8-20/h1-12,15-16,18H,13-14,19H2,(H,33,34). The van der Waals surface area contributed by atoms with E-state index in [4.69, 9.17) is 0 Å². The van der Waals surface area contributed by atoms with E-state index in [0.29, 0.717) is 35.1 Å². The summed E-state index contributed by atoms with van der Waals surface area (Å²) in [5, 5.41) is 19.5. The third kappa shape index (κ3) is 5.45. The van der Waals surface area contributed by atoms with Gasteiger partial charge in [0.05, 0.1) is 0 Å². The number of nitriles is 1. The Labute approximate surface area is 201 Å².